The summed E-state index contributed by atoms with van der Waals surface area (Å²) in [5, 5.41) is 6.72. The van der Waals surface area contributed by atoms with Gasteiger partial charge in [0, 0.05) is 25.3 Å². The molecule has 1 aromatic carbocycles. The molecular weight excluding hydrogens is 517 g/mol. The van der Waals surface area contributed by atoms with Gasteiger partial charge in [-0.25, -0.2) is 4.98 Å². The predicted octanol–water partition coefficient (Wildman–Crippen LogP) is 2.27. The Morgan fingerprint density at radius 2 is 1.85 bits per heavy atom. The minimum absolute atomic E-state index is 0.0238. The Labute approximate surface area is 220 Å². The lowest BCUT2D eigenvalue weighted by molar-refractivity contribution is -0.236. The smallest absolute Gasteiger partial charge is 0.365 e. The topological polar surface area (TPSA) is 112 Å². The summed E-state index contributed by atoms with van der Waals surface area (Å²) in [6.07, 6.45) is -4.39. The highest BCUT2D eigenvalue weighted by atomic mass is 19.4. The molecule has 5 heterocycles. The van der Waals surface area contributed by atoms with Crippen molar-refractivity contribution < 1.29 is 32.3 Å². The number of benzene rings is 1. The fraction of sp³-hybridized carbons (Fsp3) is 0.423. The van der Waals surface area contributed by atoms with Gasteiger partial charge in [-0.1, -0.05) is 18.2 Å². The second-order valence-electron chi connectivity index (χ2n) is 10.0. The molecule has 2 fully saturated rings. The number of rotatable bonds is 3. The van der Waals surface area contributed by atoms with Gasteiger partial charge in [0.05, 0.1) is 30.3 Å². The van der Waals surface area contributed by atoms with Gasteiger partial charge in [-0.05, 0) is 36.6 Å². The van der Waals surface area contributed by atoms with Crippen molar-refractivity contribution in [2.24, 2.45) is 0 Å². The third-order valence-electron chi connectivity index (χ3n) is 7.86. The lowest BCUT2D eigenvalue weighted by atomic mass is 9.73. The van der Waals surface area contributed by atoms with Gasteiger partial charge in [0.15, 0.2) is 6.10 Å². The maximum absolute atomic E-state index is 13.9. The first-order valence-electron chi connectivity index (χ1n) is 12.6. The van der Waals surface area contributed by atoms with Crippen molar-refractivity contribution in [3.05, 3.63) is 53.9 Å². The molecule has 6 rings (SSSR count). The van der Waals surface area contributed by atoms with E-state index in [9.17, 15) is 27.6 Å². The molecule has 10 nitrogen and oxygen atoms in total. The molecule has 0 radical (unpaired) electrons. The van der Waals surface area contributed by atoms with Crippen LogP contribution < -0.4 is 4.90 Å². The normalized spacial score (nSPS) is 21.1. The summed E-state index contributed by atoms with van der Waals surface area (Å²) in [6.45, 7) is -0.552. The molecule has 1 atom stereocenters. The Morgan fingerprint density at radius 1 is 1.08 bits per heavy atom. The number of amides is 3. The number of fused-ring (bicyclic) bond motifs is 3. The molecule has 2 aromatic heterocycles. The number of pyridine rings is 1. The molecule has 3 amide bonds. The Bertz CT molecular complexity index is 1450. The first-order chi connectivity index (χ1) is 18.7. The molecule has 13 heteroatoms. The SMILES string of the molecule is O=C(CN1C(=O)C2(CCN(C(=O)c3ccc4[nH]ncc4n3)CC2)c2ccccc21)N1CCOC(C(F)(F)F)C1. The summed E-state index contributed by atoms with van der Waals surface area (Å²) in [5.74, 6) is -1.09. The van der Waals surface area contributed by atoms with E-state index >= 15 is 0 Å². The highest BCUT2D eigenvalue weighted by Gasteiger charge is 2.53. The van der Waals surface area contributed by atoms with Gasteiger partial charge < -0.3 is 19.4 Å². The second kappa shape index (κ2) is 9.33. The first kappa shape index (κ1) is 25.3. The number of anilines is 1. The van der Waals surface area contributed by atoms with Gasteiger partial charge in [-0.2, -0.15) is 18.3 Å². The van der Waals surface area contributed by atoms with Crippen LogP contribution in [0.5, 0.6) is 0 Å². The van der Waals surface area contributed by atoms with Crippen molar-refractivity contribution in [3.63, 3.8) is 0 Å². The van der Waals surface area contributed by atoms with E-state index in [0.717, 1.165) is 16.0 Å². The highest BCUT2D eigenvalue weighted by molar-refractivity contribution is 6.11. The number of hydrogen-bond donors (Lipinski definition) is 1. The number of ether oxygens (including phenoxy) is 1. The molecule has 204 valence electrons. The number of morpholine rings is 1. The quantitative estimate of drug-likeness (QED) is 0.544. The summed E-state index contributed by atoms with van der Waals surface area (Å²) in [5.41, 5.74) is 2.00. The van der Waals surface area contributed by atoms with Crippen LogP contribution in [0, 0.1) is 0 Å². The zero-order valence-electron chi connectivity index (χ0n) is 20.8. The van der Waals surface area contributed by atoms with Crippen molar-refractivity contribution in [1.82, 2.24) is 25.0 Å². The number of carbonyl (C=O) groups is 3. The van der Waals surface area contributed by atoms with Crippen LogP contribution in [-0.4, -0.2) is 94.3 Å². The van der Waals surface area contributed by atoms with E-state index in [2.05, 4.69) is 15.2 Å². The van der Waals surface area contributed by atoms with Gasteiger partial charge in [0.2, 0.25) is 11.8 Å². The van der Waals surface area contributed by atoms with Gasteiger partial charge in [-0.15, -0.1) is 0 Å². The fourth-order valence-electron chi connectivity index (χ4n) is 5.75. The van der Waals surface area contributed by atoms with Crippen LogP contribution in [-0.2, 0) is 19.7 Å². The second-order valence-corrected chi connectivity index (χ2v) is 10.0. The van der Waals surface area contributed by atoms with Crippen LogP contribution in [0.25, 0.3) is 11.0 Å². The van der Waals surface area contributed by atoms with Crippen LogP contribution in [0.1, 0.15) is 28.9 Å². The number of aromatic nitrogens is 3. The van der Waals surface area contributed by atoms with Crippen molar-refractivity contribution in [2.45, 2.75) is 30.5 Å². The Balaban J connectivity index is 1.18. The molecule has 3 aromatic rings. The van der Waals surface area contributed by atoms with Gasteiger partial charge in [-0.3, -0.25) is 19.5 Å². The maximum atomic E-state index is 13.9. The largest absolute Gasteiger partial charge is 0.416 e. The van der Waals surface area contributed by atoms with E-state index < -0.39 is 30.1 Å². The number of aromatic amines is 1. The number of hydrogen-bond acceptors (Lipinski definition) is 6. The molecule has 0 saturated carbocycles. The number of para-hydroxylation sites is 1. The van der Waals surface area contributed by atoms with E-state index in [4.69, 9.17) is 4.74 Å². The summed E-state index contributed by atoms with van der Waals surface area (Å²) in [6, 6.07) is 10.5. The first-order valence-corrected chi connectivity index (χ1v) is 12.6. The molecule has 1 N–H and O–H groups in total. The summed E-state index contributed by atoms with van der Waals surface area (Å²) >= 11 is 0. The summed E-state index contributed by atoms with van der Waals surface area (Å²) in [4.78, 5) is 48.6. The average molecular weight is 543 g/mol. The van der Waals surface area contributed by atoms with Crippen molar-refractivity contribution >= 4 is 34.4 Å². The lowest BCUT2D eigenvalue weighted by Crippen LogP contribution is -2.55. The lowest BCUT2D eigenvalue weighted by Gasteiger charge is -2.38. The number of nitrogens with one attached hydrogen (secondary N) is 1. The Morgan fingerprint density at radius 3 is 2.62 bits per heavy atom. The molecule has 3 aliphatic heterocycles. The van der Waals surface area contributed by atoms with E-state index in [1.54, 1.807) is 35.4 Å². The number of piperidine rings is 1. The van der Waals surface area contributed by atoms with E-state index in [-0.39, 0.29) is 37.2 Å². The number of halogens is 3. The van der Waals surface area contributed by atoms with Crippen molar-refractivity contribution in [3.8, 4) is 0 Å². The van der Waals surface area contributed by atoms with E-state index in [1.807, 2.05) is 12.1 Å². The highest BCUT2D eigenvalue weighted by Crippen LogP contribution is 2.48. The van der Waals surface area contributed by atoms with Crippen LogP contribution in [0.15, 0.2) is 42.6 Å². The average Bonchev–Trinajstić information content (AvgIpc) is 3.50. The van der Waals surface area contributed by atoms with Gasteiger partial charge in [0.25, 0.3) is 5.91 Å². The minimum atomic E-state index is -4.58. The van der Waals surface area contributed by atoms with E-state index in [1.165, 1.54) is 4.90 Å². The van der Waals surface area contributed by atoms with Crippen LogP contribution in [0.3, 0.4) is 0 Å². The molecule has 2 saturated heterocycles. The summed E-state index contributed by atoms with van der Waals surface area (Å²) in [7, 11) is 0. The predicted molar refractivity (Wildman–Crippen MR) is 132 cm³/mol. The summed E-state index contributed by atoms with van der Waals surface area (Å²) < 4.78 is 44.3. The van der Waals surface area contributed by atoms with Gasteiger partial charge in [0.1, 0.15) is 17.8 Å². The molecule has 1 unspecified atom stereocenters. The molecule has 0 aliphatic carbocycles. The molecule has 1 spiro atoms. The van der Waals surface area contributed by atoms with Crippen LogP contribution >= 0.6 is 0 Å². The van der Waals surface area contributed by atoms with Crippen LogP contribution in [0.4, 0.5) is 18.9 Å². The number of alkyl halides is 3. The minimum Gasteiger partial charge on any atom is -0.365 e. The number of carbonyl (C=O) groups excluding carboxylic acids is 3. The maximum Gasteiger partial charge on any atom is 0.416 e. The zero-order chi connectivity index (χ0) is 27.4. The molecule has 0 bridgehead atoms. The number of H-pyrrole nitrogens is 1. The van der Waals surface area contributed by atoms with Gasteiger partial charge >= 0.3 is 6.18 Å². The monoisotopic (exact) mass is 542 g/mol. The number of nitrogens with zero attached hydrogens (tertiary/aromatic N) is 5. The van der Waals surface area contributed by atoms with Crippen molar-refractivity contribution in [2.75, 3.05) is 44.2 Å². The standard InChI is InChI=1S/C26H25F3N6O4/c27-26(28,29)21-14-34(11-12-39-21)22(36)15-35-20-4-2-1-3-16(20)25(24(35)38)7-9-33(10-8-25)23(37)18-6-5-17-19(31-18)13-30-32-17/h1-6,13,21H,7-12,14-15H2,(H,30,32). The van der Waals surface area contributed by atoms with Crippen LogP contribution in [0.2, 0.25) is 0 Å². The zero-order valence-corrected chi connectivity index (χ0v) is 20.8. The molecule has 39 heavy (non-hydrogen) atoms. The van der Waals surface area contributed by atoms with Crippen molar-refractivity contribution in [1.29, 1.82) is 0 Å². The fourth-order valence-corrected chi connectivity index (χ4v) is 5.75. The Hall–Kier alpha value is -4.00. The third kappa shape index (κ3) is 4.30. The third-order valence-corrected chi connectivity index (χ3v) is 7.86. The van der Waals surface area contributed by atoms with E-state index in [0.29, 0.717) is 37.1 Å². The number of likely N-dealkylation sites (tertiary alicyclic amines) is 1. The molecule has 3 aliphatic rings. The Kier molecular flexibility index (Phi) is 6.05. The molecular formula is C26H25F3N6O4.